The minimum Gasteiger partial charge on any atom is -0.378 e. The molecular weight excluding hydrogens is 426 g/mol. The lowest BCUT2D eigenvalue weighted by molar-refractivity contribution is 0.570. The van der Waals surface area contributed by atoms with Crippen LogP contribution in [0.3, 0.4) is 0 Å². The summed E-state index contributed by atoms with van der Waals surface area (Å²) in [5.41, 5.74) is -0.244. The molecule has 0 bridgehead atoms. The van der Waals surface area contributed by atoms with E-state index in [1.807, 2.05) is 0 Å². The Morgan fingerprint density at radius 2 is 1.93 bits per heavy atom. The standard InChI is InChI=1S/C18H15ClF2N4O3S/c1-22-29(27,28)13-4-2-3-11(7-13)9-23-15-10-24-25(18(26)17(15)19)16-6-5-12(20)8-14(16)21/h2-8,10,22-23H,9H2,1H3. The van der Waals surface area contributed by atoms with Crippen LogP contribution in [0.15, 0.2) is 58.4 Å². The number of hydrogen-bond acceptors (Lipinski definition) is 5. The van der Waals surface area contributed by atoms with Crippen molar-refractivity contribution >= 4 is 27.3 Å². The van der Waals surface area contributed by atoms with Crippen LogP contribution in [0.5, 0.6) is 0 Å². The van der Waals surface area contributed by atoms with Crippen LogP contribution in [0.2, 0.25) is 5.02 Å². The molecule has 11 heteroatoms. The quantitative estimate of drug-likeness (QED) is 0.614. The molecule has 3 rings (SSSR count). The molecule has 0 saturated carbocycles. The van der Waals surface area contributed by atoms with E-state index in [0.29, 0.717) is 11.6 Å². The average molecular weight is 441 g/mol. The van der Waals surface area contributed by atoms with Gasteiger partial charge >= 0.3 is 0 Å². The van der Waals surface area contributed by atoms with E-state index in [9.17, 15) is 22.0 Å². The van der Waals surface area contributed by atoms with E-state index in [1.165, 1.54) is 25.4 Å². The first-order valence-corrected chi connectivity index (χ1v) is 10.1. The van der Waals surface area contributed by atoms with Gasteiger partial charge in [0.1, 0.15) is 16.5 Å². The summed E-state index contributed by atoms with van der Waals surface area (Å²) in [7, 11) is -2.28. The summed E-state index contributed by atoms with van der Waals surface area (Å²) in [5.74, 6) is -1.75. The van der Waals surface area contributed by atoms with Gasteiger partial charge in [-0.2, -0.15) is 9.78 Å². The highest BCUT2D eigenvalue weighted by Gasteiger charge is 2.15. The molecule has 1 heterocycles. The zero-order valence-electron chi connectivity index (χ0n) is 15.0. The van der Waals surface area contributed by atoms with E-state index in [-0.39, 0.29) is 27.8 Å². The fourth-order valence-corrected chi connectivity index (χ4v) is 3.51. The number of anilines is 1. The molecule has 7 nitrogen and oxygen atoms in total. The summed E-state index contributed by atoms with van der Waals surface area (Å²) in [4.78, 5) is 12.5. The molecule has 0 aliphatic heterocycles. The Bertz CT molecular complexity index is 1230. The third-order valence-electron chi connectivity index (χ3n) is 4.02. The van der Waals surface area contributed by atoms with Crippen LogP contribution in [0.25, 0.3) is 5.69 Å². The summed E-state index contributed by atoms with van der Waals surface area (Å²) < 4.78 is 53.7. The number of nitrogens with one attached hydrogen (secondary N) is 2. The number of hydrogen-bond donors (Lipinski definition) is 2. The number of rotatable bonds is 6. The molecular formula is C18H15ClF2N4O3S. The highest BCUT2D eigenvalue weighted by molar-refractivity contribution is 7.89. The Hall–Kier alpha value is -2.82. The second-order valence-corrected chi connectivity index (χ2v) is 8.16. The smallest absolute Gasteiger partial charge is 0.292 e. The van der Waals surface area contributed by atoms with Crippen LogP contribution < -0.4 is 15.6 Å². The molecule has 0 spiro atoms. The molecule has 2 aromatic carbocycles. The lowest BCUT2D eigenvalue weighted by atomic mass is 10.2. The van der Waals surface area contributed by atoms with Crippen molar-refractivity contribution in [2.45, 2.75) is 11.4 Å². The molecule has 0 atom stereocenters. The van der Waals surface area contributed by atoms with Gasteiger partial charge in [-0.3, -0.25) is 4.79 Å². The molecule has 0 radical (unpaired) electrons. The van der Waals surface area contributed by atoms with Gasteiger partial charge in [-0.15, -0.1) is 0 Å². The normalized spacial score (nSPS) is 11.4. The first kappa shape index (κ1) is 20.9. The topological polar surface area (TPSA) is 93.1 Å². The van der Waals surface area contributed by atoms with Gasteiger partial charge in [-0.25, -0.2) is 21.9 Å². The minimum absolute atomic E-state index is 0.0886. The van der Waals surface area contributed by atoms with Crippen LogP contribution >= 0.6 is 11.6 Å². The van der Waals surface area contributed by atoms with Crippen molar-refractivity contribution in [3.63, 3.8) is 0 Å². The fourth-order valence-electron chi connectivity index (χ4n) is 2.52. The highest BCUT2D eigenvalue weighted by atomic mass is 35.5. The Balaban J connectivity index is 1.86. The van der Waals surface area contributed by atoms with E-state index in [4.69, 9.17) is 11.6 Å². The van der Waals surface area contributed by atoms with Crippen molar-refractivity contribution in [3.8, 4) is 5.69 Å². The second kappa shape index (κ2) is 8.27. The Kier molecular flexibility index (Phi) is 5.96. The molecule has 0 saturated heterocycles. The zero-order valence-corrected chi connectivity index (χ0v) is 16.6. The lowest BCUT2D eigenvalue weighted by Gasteiger charge is -2.11. The van der Waals surface area contributed by atoms with Gasteiger partial charge in [0.2, 0.25) is 10.0 Å². The number of sulfonamides is 1. The fraction of sp³-hybridized carbons (Fsp3) is 0.111. The van der Waals surface area contributed by atoms with Crippen molar-refractivity contribution in [3.05, 3.63) is 81.2 Å². The molecule has 0 aliphatic rings. The summed E-state index contributed by atoms with van der Waals surface area (Å²) in [6.45, 7) is 0.156. The molecule has 3 aromatic rings. The second-order valence-electron chi connectivity index (χ2n) is 5.89. The van der Waals surface area contributed by atoms with Crippen molar-refractivity contribution in [2.24, 2.45) is 0 Å². The van der Waals surface area contributed by atoms with E-state index >= 15 is 0 Å². The highest BCUT2D eigenvalue weighted by Crippen LogP contribution is 2.20. The lowest BCUT2D eigenvalue weighted by Crippen LogP contribution is -2.23. The Morgan fingerprint density at radius 3 is 2.62 bits per heavy atom. The van der Waals surface area contributed by atoms with Gasteiger partial charge in [0, 0.05) is 12.6 Å². The van der Waals surface area contributed by atoms with Gasteiger partial charge in [-0.05, 0) is 36.9 Å². The van der Waals surface area contributed by atoms with Gasteiger partial charge in [0.25, 0.3) is 5.56 Å². The number of benzene rings is 2. The monoisotopic (exact) mass is 440 g/mol. The van der Waals surface area contributed by atoms with E-state index in [0.717, 1.165) is 16.8 Å². The summed E-state index contributed by atoms with van der Waals surface area (Å²) in [5, 5.41) is 6.52. The van der Waals surface area contributed by atoms with Crippen LogP contribution in [0.1, 0.15) is 5.56 Å². The molecule has 29 heavy (non-hydrogen) atoms. The van der Waals surface area contributed by atoms with E-state index < -0.39 is 27.2 Å². The third kappa shape index (κ3) is 4.44. The molecule has 0 unspecified atom stereocenters. The number of nitrogens with zero attached hydrogens (tertiary/aromatic N) is 2. The first-order chi connectivity index (χ1) is 13.7. The molecule has 2 N–H and O–H groups in total. The first-order valence-electron chi connectivity index (χ1n) is 8.22. The van der Waals surface area contributed by atoms with Crippen molar-refractivity contribution in [1.29, 1.82) is 0 Å². The largest absolute Gasteiger partial charge is 0.378 e. The van der Waals surface area contributed by atoms with Crippen molar-refractivity contribution in [1.82, 2.24) is 14.5 Å². The van der Waals surface area contributed by atoms with Crippen LogP contribution in [-0.2, 0) is 16.6 Å². The summed E-state index contributed by atoms with van der Waals surface area (Å²) >= 11 is 6.09. The molecule has 0 aliphatic carbocycles. The molecule has 1 aromatic heterocycles. The average Bonchev–Trinajstić information content (AvgIpc) is 2.70. The maximum atomic E-state index is 13.9. The molecule has 0 fully saturated rings. The van der Waals surface area contributed by atoms with Crippen molar-refractivity contribution < 1.29 is 17.2 Å². The maximum absolute atomic E-state index is 13.9. The van der Waals surface area contributed by atoms with Crippen molar-refractivity contribution in [2.75, 3.05) is 12.4 Å². The SMILES string of the molecule is CNS(=O)(=O)c1cccc(CNc2cnn(-c3ccc(F)cc3F)c(=O)c2Cl)c1. The molecule has 152 valence electrons. The van der Waals surface area contributed by atoms with Gasteiger partial charge < -0.3 is 5.32 Å². The van der Waals surface area contributed by atoms with Crippen LogP contribution in [0, 0.1) is 11.6 Å². The maximum Gasteiger partial charge on any atom is 0.292 e. The summed E-state index contributed by atoms with van der Waals surface area (Å²) in [6.07, 6.45) is 1.22. The predicted octanol–water partition coefficient (Wildman–Crippen LogP) is 2.68. The van der Waals surface area contributed by atoms with Gasteiger partial charge in [-0.1, -0.05) is 23.7 Å². The predicted molar refractivity (Wildman–Crippen MR) is 105 cm³/mol. The van der Waals surface area contributed by atoms with Gasteiger partial charge in [0.15, 0.2) is 5.82 Å². The third-order valence-corrected chi connectivity index (χ3v) is 5.79. The number of aromatic nitrogens is 2. The Morgan fingerprint density at radius 1 is 1.17 bits per heavy atom. The molecule has 0 amide bonds. The summed E-state index contributed by atoms with van der Waals surface area (Å²) in [6, 6.07) is 8.90. The van der Waals surface area contributed by atoms with E-state index in [2.05, 4.69) is 15.1 Å². The van der Waals surface area contributed by atoms with Crippen LogP contribution in [0.4, 0.5) is 14.5 Å². The van der Waals surface area contributed by atoms with E-state index in [1.54, 1.807) is 12.1 Å². The minimum atomic E-state index is -3.59. The van der Waals surface area contributed by atoms with Crippen LogP contribution in [-0.4, -0.2) is 25.2 Å². The Labute approximate surface area is 170 Å². The van der Waals surface area contributed by atoms with Gasteiger partial charge in [0.05, 0.1) is 16.8 Å². The zero-order chi connectivity index (χ0) is 21.2. The number of halogens is 3.